The van der Waals surface area contributed by atoms with Crippen LogP contribution < -0.4 is 15.0 Å². The number of nitrogens with one attached hydrogen (secondary N) is 1. The van der Waals surface area contributed by atoms with Crippen LogP contribution >= 0.6 is 0 Å². The van der Waals surface area contributed by atoms with Crippen LogP contribution in [0.2, 0.25) is 0 Å². The van der Waals surface area contributed by atoms with Gasteiger partial charge >= 0.3 is 0 Å². The Morgan fingerprint density at radius 2 is 1.70 bits per heavy atom. The Labute approximate surface area is 134 Å². The van der Waals surface area contributed by atoms with Crippen molar-refractivity contribution in [2.45, 2.75) is 19.4 Å². The fourth-order valence-corrected chi connectivity index (χ4v) is 2.60. The highest BCUT2D eigenvalue weighted by Gasteiger charge is 2.39. The van der Waals surface area contributed by atoms with Crippen molar-refractivity contribution < 1.29 is 14.3 Å². The van der Waals surface area contributed by atoms with Crippen LogP contribution in [0.4, 0.5) is 11.4 Å². The third-order valence-electron chi connectivity index (χ3n) is 3.87. The summed E-state index contributed by atoms with van der Waals surface area (Å²) < 4.78 is 5.09. The van der Waals surface area contributed by atoms with E-state index in [0.29, 0.717) is 11.4 Å². The average Bonchev–Trinajstić information content (AvgIpc) is 2.84. The quantitative estimate of drug-likeness (QED) is 0.882. The number of methoxy groups -OCH3 is 1. The van der Waals surface area contributed by atoms with Crippen LogP contribution in [-0.4, -0.2) is 25.0 Å². The first kappa shape index (κ1) is 15.1. The van der Waals surface area contributed by atoms with E-state index in [1.54, 1.807) is 31.4 Å². The molecular formula is C18H18N2O3. The molecule has 1 aliphatic heterocycles. The molecule has 0 unspecified atom stereocenters. The second-order valence-electron chi connectivity index (χ2n) is 5.53. The van der Waals surface area contributed by atoms with Gasteiger partial charge in [0, 0.05) is 5.69 Å². The molecule has 3 rings (SSSR count). The first-order chi connectivity index (χ1) is 11.1. The SMILES string of the molecule is COc1ccc(N2C(=O)C[C@H](Nc3ccc(C)cc3)C2=O)cc1. The first-order valence-electron chi connectivity index (χ1n) is 7.42. The van der Waals surface area contributed by atoms with Crippen LogP contribution in [-0.2, 0) is 9.59 Å². The van der Waals surface area contributed by atoms with Crippen molar-refractivity contribution >= 4 is 23.2 Å². The van der Waals surface area contributed by atoms with E-state index in [1.165, 1.54) is 4.90 Å². The number of amides is 2. The smallest absolute Gasteiger partial charge is 0.256 e. The number of carbonyl (C=O) groups excluding carboxylic acids is 2. The zero-order valence-electron chi connectivity index (χ0n) is 13.1. The molecule has 5 nitrogen and oxygen atoms in total. The molecule has 1 saturated heterocycles. The maximum atomic E-state index is 12.6. The number of rotatable bonds is 4. The largest absolute Gasteiger partial charge is 0.497 e. The summed E-state index contributed by atoms with van der Waals surface area (Å²) in [5.41, 5.74) is 2.54. The van der Waals surface area contributed by atoms with E-state index in [1.807, 2.05) is 31.2 Å². The second kappa shape index (κ2) is 6.12. The fraction of sp³-hybridized carbons (Fsp3) is 0.222. The number of nitrogens with zero attached hydrogens (tertiary/aromatic N) is 1. The Kier molecular flexibility index (Phi) is 4.02. The third kappa shape index (κ3) is 3.04. The lowest BCUT2D eigenvalue weighted by Crippen LogP contribution is -2.34. The van der Waals surface area contributed by atoms with Crippen LogP contribution in [0.1, 0.15) is 12.0 Å². The van der Waals surface area contributed by atoms with Gasteiger partial charge < -0.3 is 10.1 Å². The Balaban J connectivity index is 1.77. The maximum Gasteiger partial charge on any atom is 0.256 e. The lowest BCUT2D eigenvalue weighted by Gasteiger charge is -2.16. The topological polar surface area (TPSA) is 58.6 Å². The van der Waals surface area contributed by atoms with Gasteiger partial charge in [-0.2, -0.15) is 0 Å². The third-order valence-corrected chi connectivity index (χ3v) is 3.87. The summed E-state index contributed by atoms with van der Waals surface area (Å²) in [6.07, 6.45) is 0.152. The van der Waals surface area contributed by atoms with E-state index in [0.717, 1.165) is 11.3 Å². The van der Waals surface area contributed by atoms with E-state index in [4.69, 9.17) is 4.74 Å². The molecule has 23 heavy (non-hydrogen) atoms. The normalized spacial score (nSPS) is 17.5. The van der Waals surface area contributed by atoms with Gasteiger partial charge in [-0.15, -0.1) is 0 Å². The minimum absolute atomic E-state index is 0.152. The molecule has 0 spiro atoms. The molecule has 1 N–H and O–H groups in total. The summed E-state index contributed by atoms with van der Waals surface area (Å²) in [6.45, 7) is 2.00. The molecule has 0 saturated carbocycles. The van der Waals surface area contributed by atoms with Gasteiger partial charge in [-0.1, -0.05) is 17.7 Å². The minimum atomic E-state index is -0.535. The molecule has 1 aliphatic rings. The zero-order chi connectivity index (χ0) is 16.4. The van der Waals surface area contributed by atoms with Crippen molar-refractivity contribution in [3.63, 3.8) is 0 Å². The van der Waals surface area contributed by atoms with Gasteiger partial charge in [-0.05, 0) is 43.3 Å². The maximum absolute atomic E-state index is 12.6. The number of aryl methyl sites for hydroxylation is 1. The number of benzene rings is 2. The van der Waals surface area contributed by atoms with Gasteiger partial charge in [0.2, 0.25) is 5.91 Å². The van der Waals surface area contributed by atoms with Crippen LogP contribution in [0.3, 0.4) is 0 Å². The van der Waals surface area contributed by atoms with E-state index < -0.39 is 6.04 Å². The van der Waals surface area contributed by atoms with Gasteiger partial charge in [-0.3, -0.25) is 9.59 Å². The highest BCUT2D eigenvalue weighted by molar-refractivity contribution is 6.23. The molecule has 118 valence electrons. The molecule has 5 heteroatoms. The molecule has 2 aromatic rings. The zero-order valence-corrected chi connectivity index (χ0v) is 13.1. The van der Waals surface area contributed by atoms with Crippen molar-refractivity contribution in [3.8, 4) is 5.75 Å². The predicted octanol–water partition coefficient (Wildman–Crippen LogP) is 2.75. The van der Waals surface area contributed by atoms with Crippen molar-refractivity contribution in [3.05, 3.63) is 54.1 Å². The number of imide groups is 1. The summed E-state index contributed by atoms with van der Waals surface area (Å²) >= 11 is 0. The number of hydrogen-bond acceptors (Lipinski definition) is 4. The molecular weight excluding hydrogens is 292 g/mol. The summed E-state index contributed by atoms with van der Waals surface area (Å²) in [5.74, 6) is 0.243. The van der Waals surface area contributed by atoms with Gasteiger partial charge in [0.05, 0.1) is 19.2 Å². The summed E-state index contributed by atoms with van der Waals surface area (Å²) in [5, 5.41) is 3.13. The molecule has 1 fully saturated rings. The van der Waals surface area contributed by atoms with Crippen LogP contribution in [0.5, 0.6) is 5.75 Å². The van der Waals surface area contributed by atoms with E-state index in [2.05, 4.69) is 5.32 Å². The number of anilines is 2. The lowest BCUT2D eigenvalue weighted by molar-refractivity contribution is -0.121. The highest BCUT2D eigenvalue weighted by Crippen LogP contribution is 2.26. The standard InChI is InChI=1S/C18H18N2O3/c1-12-3-5-13(6-4-12)19-16-11-17(21)20(18(16)22)14-7-9-15(23-2)10-8-14/h3-10,16,19H,11H2,1-2H3/t16-/m0/s1. The van der Waals surface area contributed by atoms with Crippen LogP contribution in [0, 0.1) is 6.92 Å². The first-order valence-corrected chi connectivity index (χ1v) is 7.42. The number of ether oxygens (including phenoxy) is 1. The molecule has 0 aliphatic carbocycles. The molecule has 0 aromatic heterocycles. The van der Waals surface area contributed by atoms with Crippen molar-refractivity contribution in [2.24, 2.45) is 0 Å². The highest BCUT2D eigenvalue weighted by atomic mass is 16.5. The van der Waals surface area contributed by atoms with Gasteiger partial charge in [0.15, 0.2) is 0 Å². The Bertz CT molecular complexity index is 723. The molecule has 2 aromatic carbocycles. The second-order valence-corrected chi connectivity index (χ2v) is 5.53. The van der Waals surface area contributed by atoms with E-state index in [9.17, 15) is 9.59 Å². The molecule has 1 atom stereocenters. The van der Waals surface area contributed by atoms with Crippen LogP contribution in [0.25, 0.3) is 0 Å². The van der Waals surface area contributed by atoms with E-state index in [-0.39, 0.29) is 18.2 Å². The van der Waals surface area contributed by atoms with Gasteiger partial charge in [0.25, 0.3) is 5.91 Å². The summed E-state index contributed by atoms with van der Waals surface area (Å²) in [7, 11) is 1.57. The number of carbonyl (C=O) groups is 2. The van der Waals surface area contributed by atoms with E-state index >= 15 is 0 Å². The fourth-order valence-electron chi connectivity index (χ4n) is 2.60. The minimum Gasteiger partial charge on any atom is -0.497 e. The predicted molar refractivity (Wildman–Crippen MR) is 88.7 cm³/mol. The Hall–Kier alpha value is -2.82. The van der Waals surface area contributed by atoms with Crippen molar-refractivity contribution in [2.75, 3.05) is 17.3 Å². The average molecular weight is 310 g/mol. The Morgan fingerprint density at radius 3 is 2.30 bits per heavy atom. The number of hydrogen-bond donors (Lipinski definition) is 1. The van der Waals surface area contributed by atoms with Gasteiger partial charge in [-0.25, -0.2) is 4.90 Å². The van der Waals surface area contributed by atoms with Crippen LogP contribution in [0.15, 0.2) is 48.5 Å². The molecule has 2 amide bonds. The summed E-state index contributed by atoms with van der Waals surface area (Å²) in [4.78, 5) is 26.0. The van der Waals surface area contributed by atoms with Gasteiger partial charge in [0.1, 0.15) is 11.8 Å². The Morgan fingerprint density at radius 1 is 1.04 bits per heavy atom. The van der Waals surface area contributed by atoms with Crippen molar-refractivity contribution in [1.82, 2.24) is 0 Å². The monoisotopic (exact) mass is 310 g/mol. The molecule has 0 bridgehead atoms. The summed E-state index contributed by atoms with van der Waals surface area (Å²) in [6, 6.07) is 14.1. The molecule has 1 heterocycles. The van der Waals surface area contributed by atoms with Crippen molar-refractivity contribution in [1.29, 1.82) is 0 Å². The molecule has 0 radical (unpaired) electrons. The lowest BCUT2D eigenvalue weighted by atomic mass is 10.2.